The van der Waals surface area contributed by atoms with Crippen molar-refractivity contribution in [3.05, 3.63) is 29.8 Å². The maximum Gasteiger partial charge on any atom is 0.251 e. The summed E-state index contributed by atoms with van der Waals surface area (Å²) in [5.41, 5.74) is 0.0589. The molecule has 6 heteroatoms. The van der Waals surface area contributed by atoms with Gasteiger partial charge >= 0.3 is 0 Å². The van der Waals surface area contributed by atoms with Crippen molar-refractivity contribution in [3.8, 4) is 5.75 Å². The van der Waals surface area contributed by atoms with E-state index in [0.29, 0.717) is 17.9 Å². The average molecular weight is 364 g/mol. The Kier molecular flexibility index (Phi) is 8.08. The van der Waals surface area contributed by atoms with E-state index in [1.54, 1.807) is 38.3 Å². The van der Waals surface area contributed by atoms with Crippen LogP contribution < -0.4 is 15.4 Å². The second-order valence-corrected chi connectivity index (χ2v) is 7.33. The number of carbonyl (C=O) groups is 2. The lowest BCUT2D eigenvalue weighted by Gasteiger charge is -2.32. The first-order valence-corrected chi connectivity index (χ1v) is 9.05. The standard InChI is InChI=1S/C20H32N2O4/c1-7-20(5,14(4)23)12-21-19(25)17(13(2)3)22-18(24)15-8-10-16(26-6)11-9-15/h8-11,13-14,17,23H,7,12H2,1-6H3,(H,21,25)(H,22,24)/t14-,17-,20+/m0/s1. The first kappa shape index (κ1) is 22.0. The van der Waals surface area contributed by atoms with Gasteiger partial charge in [0.2, 0.25) is 5.91 Å². The van der Waals surface area contributed by atoms with Crippen molar-refractivity contribution in [1.29, 1.82) is 0 Å². The predicted molar refractivity (Wildman–Crippen MR) is 102 cm³/mol. The first-order valence-electron chi connectivity index (χ1n) is 9.05. The number of benzene rings is 1. The third-order valence-electron chi connectivity index (χ3n) is 5.07. The highest BCUT2D eigenvalue weighted by Crippen LogP contribution is 2.24. The zero-order valence-electron chi connectivity index (χ0n) is 16.6. The summed E-state index contributed by atoms with van der Waals surface area (Å²) in [6.45, 7) is 9.74. The van der Waals surface area contributed by atoms with E-state index < -0.39 is 17.6 Å². The van der Waals surface area contributed by atoms with Crippen LogP contribution in [0.25, 0.3) is 0 Å². The van der Waals surface area contributed by atoms with Gasteiger partial charge in [-0.05, 0) is 43.5 Å². The fourth-order valence-electron chi connectivity index (χ4n) is 2.47. The summed E-state index contributed by atoms with van der Waals surface area (Å²) in [4.78, 5) is 25.1. The largest absolute Gasteiger partial charge is 0.497 e. The Morgan fingerprint density at radius 2 is 1.77 bits per heavy atom. The molecule has 0 bridgehead atoms. The second-order valence-electron chi connectivity index (χ2n) is 7.33. The molecule has 0 saturated heterocycles. The Hall–Kier alpha value is -2.08. The molecule has 6 nitrogen and oxygen atoms in total. The van der Waals surface area contributed by atoms with Gasteiger partial charge in [-0.2, -0.15) is 0 Å². The summed E-state index contributed by atoms with van der Waals surface area (Å²) < 4.78 is 5.08. The van der Waals surface area contributed by atoms with Crippen molar-refractivity contribution >= 4 is 11.8 Å². The van der Waals surface area contributed by atoms with E-state index in [4.69, 9.17) is 4.74 Å². The average Bonchev–Trinajstić information content (AvgIpc) is 2.63. The summed E-state index contributed by atoms with van der Waals surface area (Å²) in [6.07, 6.45) is 0.189. The number of hydrogen-bond donors (Lipinski definition) is 3. The van der Waals surface area contributed by atoms with Gasteiger partial charge in [0.15, 0.2) is 0 Å². The molecular formula is C20H32N2O4. The van der Waals surface area contributed by atoms with Crippen LogP contribution in [0.1, 0.15) is 51.4 Å². The molecule has 1 aromatic rings. The first-order chi connectivity index (χ1) is 12.1. The molecule has 0 saturated carbocycles. The van der Waals surface area contributed by atoms with Crippen molar-refractivity contribution in [3.63, 3.8) is 0 Å². The molecule has 0 aliphatic heterocycles. The quantitative estimate of drug-likeness (QED) is 0.628. The fourth-order valence-corrected chi connectivity index (χ4v) is 2.47. The molecule has 1 rings (SSSR count). The smallest absolute Gasteiger partial charge is 0.251 e. The lowest BCUT2D eigenvalue weighted by Crippen LogP contribution is -2.52. The monoisotopic (exact) mass is 364 g/mol. The van der Waals surface area contributed by atoms with E-state index in [2.05, 4.69) is 10.6 Å². The normalized spacial score (nSPS) is 15.7. The molecule has 3 N–H and O–H groups in total. The van der Waals surface area contributed by atoms with Crippen molar-refractivity contribution in [2.45, 2.75) is 53.2 Å². The van der Waals surface area contributed by atoms with Crippen LogP contribution in [-0.2, 0) is 4.79 Å². The summed E-state index contributed by atoms with van der Waals surface area (Å²) in [7, 11) is 1.56. The minimum absolute atomic E-state index is 0.0726. The fraction of sp³-hybridized carbons (Fsp3) is 0.600. The topological polar surface area (TPSA) is 87.7 Å². The number of carbonyl (C=O) groups excluding carboxylic acids is 2. The molecule has 0 unspecified atom stereocenters. The van der Waals surface area contributed by atoms with E-state index in [-0.39, 0.29) is 17.7 Å². The van der Waals surface area contributed by atoms with E-state index in [1.165, 1.54) is 0 Å². The second kappa shape index (κ2) is 9.57. The van der Waals surface area contributed by atoms with E-state index in [1.807, 2.05) is 27.7 Å². The third-order valence-corrected chi connectivity index (χ3v) is 5.07. The van der Waals surface area contributed by atoms with Gasteiger partial charge in [0.05, 0.1) is 13.2 Å². The lowest BCUT2D eigenvalue weighted by molar-refractivity contribution is -0.124. The molecule has 0 radical (unpaired) electrons. The van der Waals surface area contributed by atoms with Gasteiger partial charge in [-0.3, -0.25) is 9.59 Å². The minimum Gasteiger partial charge on any atom is -0.497 e. The summed E-state index contributed by atoms with van der Waals surface area (Å²) >= 11 is 0. The van der Waals surface area contributed by atoms with Gasteiger partial charge in [0.25, 0.3) is 5.91 Å². The minimum atomic E-state index is -0.653. The molecule has 2 amide bonds. The number of hydrogen-bond acceptors (Lipinski definition) is 4. The van der Waals surface area contributed by atoms with Crippen molar-refractivity contribution in [2.24, 2.45) is 11.3 Å². The van der Waals surface area contributed by atoms with Gasteiger partial charge in [-0.1, -0.05) is 27.7 Å². The number of amides is 2. The highest BCUT2D eigenvalue weighted by Gasteiger charge is 2.31. The zero-order valence-corrected chi connectivity index (χ0v) is 16.6. The SMILES string of the molecule is CC[C@](C)(CNC(=O)[C@@H](NC(=O)c1ccc(OC)cc1)C(C)C)[C@H](C)O. The van der Waals surface area contributed by atoms with Crippen LogP contribution in [0.2, 0.25) is 0 Å². The number of methoxy groups -OCH3 is 1. The summed E-state index contributed by atoms with van der Waals surface area (Å²) in [5, 5.41) is 15.6. The number of ether oxygens (including phenoxy) is 1. The molecular weight excluding hydrogens is 332 g/mol. The van der Waals surface area contributed by atoms with Crippen LogP contribution in [0.4, 0.5) is 0 Å². The Balaban J connectivity index is 2.78. The number of rotatable bonds is 9. The van der Waals surface area contributed by atoms with Gasteiger partial charge in [0.1, 0.15) is 11.8 Å². The van der Waals surface area contributed by atoms with E-state index in [0.717, 1.165) is 6.42 Å². The molecule has 1 aromatic carbocycles. The van der Waals surface area contributed by atoms with Crippen LogP contribution in [-0.4, -0.2) is 42.7 Å². The van der Waals surface area contributed by atoms with Gasteiger partial charge < -0.3 is 20.5 Å². The van der Waals surface area contributed by atoms with Crippen LogP contribution in [0.5, 0.6) is 5.75 Å². The van der Waals surface area contributed by atoms with Crippen molar-refractivity contribution < 1.29 is 19.4 Å². The van der Waals surface area contributed by atoms with Gasteiger partial charge in [-0.25, -0.2) is 0 Å². The molecule has 0 aromatic heterocycles. The molecule has 0 aliphatic carbocycles. The highest BCUT2D eigenvalue weighted by molar-refractivity contribution is 5.97. The van der Waals surface area contributed by atoms with Crippen molar-refractivity contribution in [1.82, 2.24) is 10.6 Å². The molecule has 26 heavy (non-hydrogen) atoms. The molecule has 3 atom stereocenters. The maximum absolute atomic E-state index is 12.6. The molecule has 0 heterocycles. The molecule has 0 spiro atoms. The number of aliphatic hydroxyl groups is 1. The summed E-state index contributed by atoms with van der Waals surface area (Å²) in [6, 6.07) is 6.07. The number of nitrogens with one attached hydrogen (secondary N) is 2. The van der Waals surface area contributed by atoms with Gasteiger partial charge in [-0.15, -0.1) is 0 Å². The van der Waals surface area contributed by atoms with Crippen LogP contribution in [0, 0.1) is 11.3 Å². The zero-order chi connectivity index (χ0) is 19.9. The molecule has 146 valence electrons. The van der Waals surface area contributed by atoms with E-state index >= 15 is 0 Å². The molecule has 0 fully saturated rings. The summed E-state index contributed by atoms with van der Waals surface area (Å²) in [5.74, 6) is 0.0331. The Labute approximate surface area is 156 Å². The van der Waals surface area contributed by atoms with Crippen LogP contribution in [0.3, 0.4) is 0 Å². The third kappa shape index (κ3) is 5.73. The maximum atomic E-state index is 12.6. The van der Waals surface area contributed by atoms with Crippen molar-refractivity contribution in [2.75, 3.05) is 13.7 Å². The van der Waals surface area contributed by atoms with Crippen LogP contribution >= 0.6 is 0 Å². The highest BCUT2D eigenvalue weighted by atomic mass is 16.5. The Morgan fingerprint density at radius 1 is 1.19 bits per heavy atom. The van der Waals surface area contributed by atoms with Crippen LogP contribution in [0.15, 0.2) is 24.3 Å². The molecule has 0 aliphatic rings. The predicted octanol–water partition coefficient (Wildman–Crippen LogP) is 2.36. The Morgan fingerprint density at radius 3 is 2.19 bits per heavy atom. The van der Waals surface area contributed by atoms with Gasteiger partial charge in [0, 0.05) is 17.5 Å². The Bertz CT molecular complexity index is 598. The van der Waals surface area contributed by atoms with E-state index in [9.17, 15) is 14.7 Å². The lowest BCUT2D eigenvalue weighted by atomic mass is 9.82. The number of aliphatic hydroxyl groups excluding tert-OH is 1.